The van der Waals surface area contributed by atoms with E-state index in [-0.39, 0.29) is 25.4 Å². The van der Waals surface area contributed by atoms with E-state index in [1.807, 2.05) is 0 Å². The number of benzene rings is 3. The molecule has 7 heteroatoms. The average Bonchev–Trinajstić information content (AvgIpc) is 3.45. The monoisotopic (exact) mass is 427 g/mol. The van der Waals surface area contributed by atoms with Gasteiger partial charge in [0.2, 0.25) is 12.7 Å². The summed E-state index contributed by atoms with van der Waals surface area (Å²) in [6, 6.07) is 17.6. The summed E-state index contributed by atoms with van der Waals surface area (Å²) in [5.74, 6) is 0.862. The summed E-state index contributed by atoms with van der Waals surface area (Å²) in [5, 5.41) is 2.69. The lowest BCUT2D eigenvalue weighted by Crippen LogP contribution is -2.28. The van der Waals surface area contributed by atoms with Gasteiger partial charge in [0.1, 0.15) is 0 Å². The molecule has 1 fully saturated rings. The normalized spacial score (nSPS) is 16.1. The number of fused-ring (bicyclic) bond motifs is 1. The maximum Gasteiger partial charge on any atom is 0.417 e. The first-order valence-corrected chi connectivity index (χ1v) is 9.85. The van der Waals surface area contributed by atoms with E-state index in [1.165, 1.54) is 12.1 Å². The van der Waals surface area contributed by atoms with Crippen LogP contribution in [0.15, 0.2) is 66.7 Å². The highest BCUT2D eigenvalue weighted by Gasteiger charge is 2.51. The van der Waals surface area contributed by atoms with Gasteiger partial charge in [0, 0.05) is 7.11 Å². The van der Waals surface area contributed by atoms with Gasteiger partial charge in [0.25, 0.3) is 0 Å². The van der Waals surface area contributed by atoms with Gasteiger partial charge in [-0.05, 0) is 53.8 Å². The zero-order valence-electron chi connectivity index (χ0n) is 16.3. The fourth-order valence-corrected chi connectivity index (χ4v) is 3.94. The van der Waals surface area contributed by atoms with Gasteiger partial charge in [0.05, 0.1) is 11.0 Å². The quantitative estimate of drug-likeness (QED) is 0.554. The highest BCUT2D eigenvalue weighted by Crippen LogP contribution is 2.51. The highest BCUT2D eigenvalue weighted by molar-refractivity contribution is 6.01. The first-order chi connectivity index (χ1) is 14.9. The van der Waals surface area contributed by atoms with Gasteiger partial charge >= 0.3 is 6.18 Å². The molecular formula is C24H20F3NO3. The van der Waals surface area contributed by atoms with Crippen molar-refractivity contribution >= 4 is 11.6 Å². The zero-order valence-corrected chi connectivity index (χ0v) is 16.3. The number of carbonyl (C=O) groups is 1. The van der Waals surface area contributed by atoms with Crippen LogP contribution in [0.25, 0.3) is 11.1 Å². The highest BCUT2D eigenvalue weighted by atomic mass is 19.4. The smallest absolute Gasteiger partial charge is 0.417 e. The molecule has 0 radical (unpaired) electrons. The van der Waals surface area contributed by atoms with Crippen molar-refractivity contribution in [3.63, 3.8) is 0 Å². The van der Waals surface area contributed by atoms with Crippen LogP contribution >= 0.6 is 0 Å². The summed E-state index contributed by atoms with van der Waals surface area (Å²) in [6.07, 6.45) is -3.32. The number of halogens is 3. The lowest BCUT2D eigenvalue weighted by molar-refractivity contribution is -0.137. The molecule has 1 N–H and O–H groups in total. The number of rotatable bonds is 4. The first-order valence-electron chi connectivity index (χ1n) is 9.85. The Hall–Kier alpha value is -3.48. The molecule has 0 bridgehead atoms. The minimum Gasteiger partial charge on any atom is -0.454 e. The molecule has 1 heterocycles. The molecule has 1 aliphatic carbocycles. The van der Waals surface area contributed by atoms with E-state index in [4.69, 9.17) is 9.47 Å². The molecule has 0 aromatic heterocycles. The van der Waals surface area contributed by atoms with Crippen LogP contribution in [0.1, 0.15) is 25.4 Å². The molecule has 4 nitrogen and oxygen atoms in total. The minimum atomic E-state index is -4.56. The maximum absolute atomic E-state index is 13.8. The molecule has 0 atom stereocenters. The van der Waals surface area contributed by atoms with E-state index >= 15 is 0 Å². The molecule has 0 unspecified atom stereocenters. The summed E-state index contributed by atoms with van der Waals surface area (Å²) >= 11 is 0. The Morgan fingerprint density at radius 2 is 1.68 bits per heavy atom. The summed E-state index contributed by atoms with van der Waals surface area (Å²) in [4.78, 5) is 13.0. The molecule has 5 rings (SSSR count). The minimum absolute atomic E-state index is 0. The Bertz CT molecular complexity index is 1160. The number of carbonyl (C=O) groups excluding carboxylic acids is 1. The van der Waals surface area contributed by atoms with E-state index < -0.39 is 17.2 Å². The van der Waals surface area contributed by atoms with E-state index in [0.717, 1.165) is 11.6 Å². The predicted octanol–water partition coefficient (Wildman–Crippen LogP) is 6.02. The molecule has 160 valence electrons. The molecule has 3 aromatic rings. The zero-order chi connectivity index (χ0) is 21.6. The third-order valence-electron chi connectivity index (χ3n) is 5.78. The van der Waals surface area contributed by atoms with Crippen molar-refractivity contribution in [3.8, 4) is 22.6 Å². The van der Waals surface area contributed by atoms with Gasteiger partial charge in [-0.25, -0.2) is 0 Å². The standard InChI is InChI=1S/C24H18F3NO3.H2/c25-24(26,27)19-13-17(7-8-18(19)15-4-2-1-3-5-15)28-22(29)23(10-11-23)16-6-9-20-21(12-16)31-14-30-20;/h1-9,12-13H,10-11,14H2,(H,28,29);1H. The fraction of sp³-hybridized carbons (Fsp3) is 0.208. The van der Waals surface area contributed by atoms with Gasteiger partial charge in [-0.1, -0.05) is 42.5 Å². The van der Waals surface area contributed by atoms with Crippen molar-refractivity contribution < 1.29 is 28.9 Å². The number of ether oxygens (including phenoxy) is 2. The fourth-order valence-electron chi connectivity index (χ4n) is 3.94. The molecule has 1 amide bonds. The number of hydrogen-bond donors (Lipinski definition) is 1. The lowest BCUT2D eigenvalue weighted by atomic mass is 9.94. The van der Waals surface area contributed by atoms with Gasteiger partial charge in [-0.15, -0.1) is 0 Å². The number of alkyl halides is 3. The summed E-state index contributed by atoms with van der Waals surface area (Å²) < 4.78 is 51.9. The summed E-state index contributed by atoms with van der Waals surface area (Å²) in [5.41, 5.74) is -0.133. The van der Waals surface area contributed by atoms with Gasteiger partial charge in [0.15, 0.2) is 11.5 Å². The number of nitrogens with one attached hydrogen (secondary N) is 1. The average molecular weight is 427 g/mol. The molecule has 2 aliphatic rings. The predicted molar refractivity (Wildman–Crippen MR) is 111 cm³/mol. The number of hydrogen-bond acceptors (Lipinski definition) is 3. The van der Waals surface area contributed by atoms with Crippen LogP contribution in [-0.4, -0.2) is 12.7 Å². The number of amides is 1. The molecule has 1 saturated carbocycles. The molecular weight excluding hydrogens is 407 g/mol. The largest absolute Gasteiger partial charge is 0.454 e. The van der Waals surface area contributed by atoms with Crippen molar-refractivity contribution in [2.75, 3.05) is 12.1 Å². The molecule has 1 aliphatic heterocycles. The maximum atomic E-state index is 13.8. The van der Waals surface area contributed by atoms with Crippen molar-refractivity contribution in [3.05, 3.63) is 77.9 Å². The second-order valence-electron chi connectivity index (χ2n) is 7.73. The van der Waals surface area contributed by atoms with Crippen LogP contribution < -0.4 is 14.8 Å². The van der Waals surface area contributed by atoms with Gasteiger partial charge in [-0.2, -0.15) is 13.2 Å². The Kier molecular flexibility index (Phi) is 4.43. The van der Waals surface area contributed by atoms with Crippen LogP contribution in [0.5, 0.6) is 11.5 Å². The van der Waals surface area contributed by atoms with Crippen molar-refractivity contribution in [1.82, 2.24) is 0 Å². The topological polar surface area (TPSA) is 47.6 Å². The molecule has 31 heavy (non-hydrogen) atoms. The van der Waals surface area contributed by atoms with Gasteiger partial charge < -0.3 is 14.8 Å². The van der Waals surface area contributed by atoms with E-state index in [0.29, 0.717) is 29.9 Å². The van der Waals surface area contributed by atoms with E-state index in [1.54, 1.807) is 48.5 Å². The van der Waals surface area contributed by atoms with E-state index in [9.17, 15) is 18.0 Å². The van der Waals surface area contributed by atoms with Crippen LogP contribution in [0, 0.1) is 0 Å². The SMILES string of the molecule is O=C(Nc1ccc(-c2ccccc2)c(C(F)(F)F)c1)C1(c2ccc3c(c2)OCO3)CC1.[HH]. The lowest BCUT2D eigenvalue weighted by Gasteiger charge is -2.18. The molecule has 3 aromatic carbocycles. The number of anilines is 1. The first kappa shape index (κ1) is 19.5. The third kappa shape index (κ3) is 3.50. The van der Waals surface area contributed by atoms with Crippen LogP contribution in [-0.2, 0) is 16.4 Å². The van der Waals surface area contributed by atoms with Crippen molar-refractivity contribution in [2.45, 2.75) is 24.4 Å². The Morgan fingerprint density at radius 3 is 2.39 bits per heavy atom. The molecule has 0 saturated heterocycles. The van der Waals surface area contributed by atoms with Gasteiger partial charge in [-0.3, -0.25) is 4.79 Å². The second kappa shape index (κ2) is 7.04. The Balaban J connectivity index is 0.00000245. The van der Waals surface area contributed by atoms with Crippen molar-refractivity contribution in [1.29, 1.82) is 0 Å². The third-order valence-corrected chi connectivity index (χ3v) is 5.78. The van der Waals surface area contributed by atoms with Crippen LogP contribution in [0.2, 0.25) is 0 Å². The molecule has 0 spiro atoms. The second-order valence-corrected chi connectivity index (χ2v) is 7.73. The van der Waals surface area contributed by atoms with Crippen molar-refractivity contribution in [2.24, 2.45) is 0 Å². The Labute approximate surface area is 178 Å². The van der Waals surface area contributed by atoms with Crippen LogP contribution in [0.3, 0.4) is 0 Å². The summed E-state index contributed by atoms with van der Waals surface area (Å²) in [6.45, 7) is 0.131. The van der Waals surface area contributed by atoms with E-state index in [2.05, 4.69) is 5.32 Å². The Morgan fingerprint density at radius 1 is 0.935 bits per heavy atom. The van der Waals surface area contributed by atoms with Crippen LogP contribution in [0.4, 0.5) is 18.9 Å². The summed E-state index contributed by atoms with van der Waals surface area (Å²) in [7, 11) is 0.